The first-order valence-corrected chi connectivity index (χ1v) is 4.84. The van der Waals surface area contributed by atoms with Gasteiger partial charge in [0.05, 0.1) is 0 Å². The van der Waals surface area contributed by atoms with Gasteiger partial charge in [0.25, 0.3) is 5.91 Å². The first-order chi connectivity index (χ1) is 7.66. The monoisotopic (exact) mass is 217 g/mol. The Morgan fingerprint density at radius 3 is 2.62 bits per heavy atom. The lowest BCUT2D eigenvalue weighted by Crippen LogP contribution is -2.13. The Kier molecular flexibility index (Phi) is 2.68. The summed E-state index contributed by atoms with van der Waals surface area (Å²) >= 11 is 0. The maximum absolute atomic E-state index is 11.8. The predicted octanol–water partition coefficient (Wildman–Crippen LogP) is 1.94. The van der Waals surface area contributed by atoms with E-state index in [1.54, 1.807) is 19.1 Å². The van der Waals surface area contributed by atoms with Crippen LogP contribution in [-0.2, 0) is 0 Å². The van der Waals surface area contributed by atoms with E-state index >= 15 is 0 Å². The van der Waals surface area contributed by atoms with Crippen LogP contribution in [0, 0.1) is 13.8 Å². The molecule has 0 bridgehead atoms. The summed E-state index contributed by atoms with van der Waals surface area (Å²) in [6.07, 6.45) is 0. The fourth-order valence-corrected chi connectivity index (χ4v) is 1.34. The van der Waals surface area contributed by atoms with Crippen LogP contribution in [0.25, 0.3) is 0 Å². The molecule has 0 aliphatic rings. The van der Waals surface area contributed by atoms with Crippen molar-refractivity contribution in [2.24, 2.45) is 0 Å². The zero-order valence-corrected chi connectivity index (χ0v) is 9.02. The number of amides is 1. The SMILES string of the molecule is Cc1nnc(NC(=O)c2ccccc2C)o1. The largest absolute Gasteiger partial charge is 0.408 e. The molecule has 0 saturated heterocycles. The lowest BCUT2D eigenvalue weighted by molar-refractivity contribution is 0.102. The van der Waals surface area contributed by atoms with Crippen LogP contribution >= 0.6 is 0 Å². The van der Waals surface area contributed by atoms with E-state index in [0.29, 0.717) is 11.5 Å². The fourth-order valence-electron chi connectivity index (χ4n) is 1.34. The molecule has 0 saturated carbocycles. The lowest BCUT2D eigenvalue weighted by Gasteiger charge is -2.03. The Hall–Kier alpha value is -2.17. The van der Waals surface area contributed by atoms with Crippen LogP contribution in [0.4, 0.5) is 6.01 Å². The number of aromatic nitrogens is 2. The van der Waals surface area contributed by atoms with Gasteiger partial charge in [0.15, 0.2) is 0 Å². The van der Waals surface area contributed by atoms with Gasteiger partial charge in [0, 0.05) is 12.5 Å². The van der Waals surface area contributed by atoms with Gasteiger partial charge in [-0.05, 0) is 18.6 Å². The molecule has 0 atom stereocenters. The van der Waals surface area contributed by atoms with E-state index in [0.717, 1.165) is 5.56 Å². The summed E-state index contributed by atoms with van der Waals surface area (Å²) in [6.45, 7) is 3.53. The van der Waals surface area contributed by atoms with Gasteiger partial charge in [-0.15, -0.1) is 5.10 Å². The number of nitrogens with one attached hydrogen (secondary N) is 1. The van der Waals surface area contributed by atoms with Crippen LogP contribution in [0.2, 0.25) is 0 Å². The topological polar surface area (TPSA) is 68.0 Å². The van der Waals surface area contributed by atoms with Gasteiger partial charge in [0.1, 0.15) is 0 Å². The summed E-state index contributed by atoms with van der Waals surface area (Å²) in [5.74, 6) is 0.168. The van der Waals surface area contributed by atoms with Crippen molar-refractivity contribution in [2.75, 3.05) is 5.32 Å². The standard InChI is InChI=1S/C11H11N3O2/c1-7-5-3-4-6-9(7)10(15)12-11-14-13-8(2)16-11/h3-6H,1-2H3,(H,12,14,15). The molecule has 0 aliphatic heterocycles. The summed E-state index contributed by atoms with van der Waals surface area (Å²) in [4.78, 5) is 11.8. The number of benzene rings is 1. The van der Waals surface area contributed by atoms with Crippen LogP contribution in [-0.4, -0.2) is 16.1 Å². The molecule has 0 spiro atoms. The number of rotatable bonds is 2. The second kappa shape index (κ2) is 4.14. The molecular formula is C11H11N3O2. The summed E-state index contributed by atoms with van der Waals surface area (Å²) in [5.41, 5.74) is 1.49. The summed E-state index contributed by atoms with van der Waals surface area (Å²) in [5, 5.41) is 9.86. The van der Waals surface area contributed by atoms with Gasteiger partial charge in [-0.2, -0.15) is 0 Å². The van der Waals surface area contributed by atoms with Crippen molar-refractivity contribution in [2.45, 2.75) is 13.8 Å². The Labute approximate surface area is 92.5 Å². The number of anilines is 1. The van der Waals surface area contributed by atoms with Crippen molar-refractivity contribution in [3.63, 3.8) is 0 Å². The van der Waals surface area contributed by atoms with Gasteiger partial charge >= 0.3 is 6.01 Å². The van der Waals surface area contributed by atoms with Gasteiger partial charge in [-0.3, -0.25) is 10.1 Å². The minimum atomic E-state index is -0.248. The average Bonchev–Trinajstić information content (AvgIpc) is 2.64. The van der Waals surface area contributed by atoms with Crippen molar-refractivity contribution in [3.8, 4) is 0 Å². The smallest absolute Gasteiger partial charge is 0.322 e. The highest BCUT2D eigenvalue weighted by atomic mass is 16.4. The number of carbonyl (C=O) groups is 1. The minimum absolute atomic E-state index is 0.116. The Morgan fingerprint density at radius 2 is 2.00 bits per heavy atom. The Balaban J connectivity index is 2.18. The first kappa shape index (κ1) is 10.4. The van der Waals surface area contributed by atoms with E-state index in [1.807, 2.05) is 19.1 Å². The second-order valence-electron chi connectivity index (χ2n) is 3.40. The van der Waals surface area contributed by atoms with Crippen molar-refractivity contribution in [1.29, 1.82) is 0 Å². The third-order valence-electron chi connectivity index (χ3n) is 2.14. The quantitative estimate of drug-likeness (QED) is 0.834. The molecule has 1 heterocycles. The van der Waals surface area contributed by atoms with E-state index < -0.39 is 0 Å². The minimum Gasteiger partial charge on any atom is -0.408 e. The van der Waals surface area contributed by atoms with Crippen molar-refractivity contribution >= 4 is 11.9 Å². The highest BCUT2D eigenvalue weighted by Gasteiger charge is 2.11. The average molecular weight is 217 g/mol. The highest BCUT2D eigenvalue weighted by Crippen LogP contribution is 2.10. The molecular weight excluding hydrogens is 206 g/mol. The maximum atomic E-state index is 11.8. The van der Waals surface area contributed by atoms with E-state index in [1.165, 1.54) is 0 Å². The Morgan fingerprint density at radius 1 is 1.25 bits per heavy atom. The zero-order valence-electron chi connectivity index (χ0n) is 9.02. The number of hydrogen-bond donors (Lipinski definition) is 1. The second-order valence-corrected chi connectivity index (χ2v) is 3.40. The van der Waals surface area contributed by atoms with Gasteiger partial charge in [-0.1, -0.05) is 23.3 Å². The van der Waals surface area contributed by atoms with Crippen molar-refractivity contribution < 1.29 is 9.21 Å². The van der Waals surface area contributed by atoms with Crippen LogP contribution in [0.15, 0.2) is 28.7 Å². The van der Waals surface area contributed by atoms with Crippen LogP contribution < -0.4 is 5.32 Å². The third-order valence-corrected chi connectivity index (χ3v) is 2.14. The van der Waals surface area contributed by atoms with Crippen molar-refractivity contribution in [1.82, 2.24) is 10.2 Å². The molecule has 1 amide bonds. The van der Waals surface area contributed by atoms with E-state index in [4.69, 9.17) is 4.42 Å². The molecule has 0 unspecified atom stereocenters. The fraction of sp³-hybridized carbons (Fsp3) is 0.182. The zero-order chi connectivity index (χ0) is 11.5. The number of nitrogens with zero attached hydrogens (tertiary/aromatic N) is 2. The molecule has 1 N–H and O–H groups in total. The van der Waals surface area contributed by atoms with Gasteiger partial charge < -0.3 is 4.42 Å². The lowest BCUT2D eigenvalue weighted by atomic mass is 10.1. The van der Waals surface area contributed by atoms with Crippen LogP contribution in [0.1, 0.15) is 21.8 Å². The highest BCUT2D eigenvalue weighted by molar-refractivity contribution is 6.04. The van der Waals surface area contributed by atoms with Gasteiger partial charge in [-0.25, -0.2) is 0 Å². The van der Waals surface area contributed by atoms with E-state index in [-0.39, 0.29) is 11.9 Å². The maximum Gasteiger partial charge on any atom is 0.322 e. The predicted molar refractivity (Wildman–Crippen MR) is 58.2 cm³/mol. The third kappa shape index (κ3) is 2.08. The molecule has 2 aromatic rings. The molecule has 16 heavy (non-hydrogen) atoms. The number of carbonyl (C=O) groups excluding carboxylic acids is 1. The van der Waals surface area contributed by atoms with Gasteiger partial charge in [0.2, 0.25) is 5.89 Å². The number of aryl methyl sites for hydroxylation is 2. The molecule has 2 rings (SSSR count). The first-order valence-electron chi connectivity index (χ1n) is 4.84. The van der Waals surface area contributed by atoms with E-state index in [9.17, 15) is 4.79 Å². The molecule has 0 radical (unpaired) electrons. The molecule has 0 aliphatic carbocycles. The summed E-state index contributed by atoms with van der Waals surface area (Å²) < 4.78 is 5.06. The molecule has 0 fully saturated rings. The Bertz CT molecular complexity index is 519. The molecule has 5 nitrogen and oxygen atoms in total. The molecule has 82 valence electrons. The van der Waals surface area contributed by atoms with E-state index in [2.05, 4.69) is 15.5 Å². The normalized spacial score (nSPS) is 10.1. The molecule has 5 heteroatoms. The van der Waals surface area contributed by atoms with Crippen molar-refractivity contribution in [3.05, 3.63) is 41.3 Å². The molecule has 1 aromatic heterocycles. The van der Waals surface area contributed by atoms with Crippen LogP contribution in [0.3, 0.4) is 0 Å². The van der Waals surface area contributed by atoms with Crippen LogP contribution in [0.5, 0.6) is 0 Å². The summed E-state index contributed by atoms with van der Waals surface area (Å²) in [7, 11) is 0. The number of hydrogen-bond acceptors (Lipinski definition) is 4. The molecule has 1 aromatic carbocycles. The summed E-state index contributed by atoms with van der Waals surface area (Å²) in [6, 6.07) is 7.41.